The minimum absolute atomic E-state index is 0.0861. The number of rotatable bonds is 0. The van der Waals surface area contributed by atoms with E-state index in [0.29, 0.717) is 37.4 Å². The van der Waals surface area contributed by atoms with Crippen LogP contribution in [0, 0.1) is 0 Å². The second-order valence-corrected chi connectivity index (χ2v) is 13.7. The molecule has 0 saturated heterocycles. The van der Waals surface area contributed by atoms with Gasteiger partial charge in [0.2, 0.25) is 27.2 Å². The molecule has 1 unspecified atom stereocenters. The highest BCUT2D eigenvalue weighted by molar-refractivity contribution is 6.00. The predicted molar refractivity (Wildman–Crippen MR) is 179 cm³/mol. The number of hydrogen-bond donors (Lipinski definition) is 0. The van der Waals surface area contributed by atoms with Crippen LogP contribution in [0.3, 0.4) is 0 Å². The first-order valence-electron chi connectivity index (χ1n) is 17.2. The molecule has 0 bridgehead atoms. The van der Waals surface area contributed by atoms with Gasteiger partial charge in [-0.1, -0.05) is 12.1 Å². The van der Waals surface area contributed by atoms with E-state index in [1.165, 1.54) is 22.3 Å². The van der Waals surface area contributed by atoms with Crippen LogP contribution < -0.4 is 37.9 Å². The third kappa shape index (κ3) is 4.98. The third-order valence-electron chi connectivity index (χ3n) is 10.8. The Hall–Kier alpha value is -5.13. The molecule has 50 heavy (non-hydrogen) atoms. The van der Waals surface area contributed by atoms with Gasteiger partial charge in [0.05, 0.1) is 0 Å². The summed E-state index contributed by atoms with van der Waals surface area (Å²) in [5.74, 6) is 6.58. The molecule has 1 atom stereocenters. The lowest BCUT2D eigenvalue weighted by Crippen LogP contribution is -2.39. The van der Waals surface area contributed by atoms with Crippen LogP contribution in [0.5, 0.6) is 46.0 Å². The molecule has 0 fully saturated rings. The van der Waals surface area contributed by atoms with Gasteiger partial charge in [-0.25, -0.2) is 0 Å². The summed E-state index contributed by atoms with van der Waals surface area (Å²) in [5.41, 5.74) is 9.19. The van der Waals surface area contributed by atoms with Gasteiger partial charge in [0, 0.05) is 55.3 Å². The van der Waals surface area contributed by atoms with Crippen LogP contribution in [0.25, 0.3) is 0 Å². The Morgan fingerprint density at radius 2 is 1.16 bits per heavy atom. The Kier molecular flexibility index (Phi) is 6.99. The summed E-state index contributed by atoms with van der Waals surface area (Å²) < 4.78 is 44.5. The lowest BCUT2D eigenvalue weighted by atomic mass is 9.83. The highest BCUT2D eigenvalue weighted by Gasteiger charge is 2.36. The molecular formula is C39H36N2O9. The van der Waals surface area contributed by atoms with Crippen LogP contribution in [0.15, 0.2) is 48.5 Å². The average molecular weight is 677 g/mol. The number of nitrogens with zero attached hydrogens (tertiary/aromatic N) is 2. The van der Waals surface area contributed by atoms with Crippen molar-refractivity contribution < 1.29 is 42.7 Å². The maximum absolute atomic E-state index is 13.1. The summed E-state index contributed by atoms with van der Waals surface area (Å²) in [6, 6.07) is 16.6. The molecule has 4 aromatic carbocycles. The van der Waals surface area contributed by atoms with Crippen LogP contribution in [-0.2, 0) is 38.8 Å². The predicted octanol–water partition coefficient (Wildman–Crippen LogP) is 5.36. The fourth-order valence-electron chi connectivity index (χ4n) is 8.21. The fraction of sp³-hybridized carbons (Fsp3) is 0.359. The van der Waals surface area contributed by atoms with Gasteiger partial charge in [-0.3, -0.25) is 9.69 Å². The number of ether oxygens (including phenoxy) is 8. The first kappa shape index (κ1) is 29.8. The quantitative estimate of drug-likeness (QED) is 0.241. The minimum atomic E-state index is 0.0861. The number of likely N-dealkylation sites (N-methyl/N-ethyl adjacent to an activating group) is 1. The van der Waals surface area contributed by atoms with E-state index in [2.05, 4.69) is 35.0 Å². The van der Waals surface area contributed by atoms with Crippen molar-refractivity contribution in [3.63, 3.8) is 0 Å². The van der Waals surface area contributed by atoms with E-state index in [9.17, 15) is 4.79 Å². The average Bonchev–Trinajstić information content (AvgIpc) is 3.96. The molecule has 11 rings (SSSR count). The highest BCUT2D eigenvalue weighted by atomic mass is 16.7. The van der Waals surface area contributed by atoms with E-state index in [4.69, 9.17) is 37.9 Å². The summed E-state index contributed by atoms with van der Waals surface area (Å²) in [6.07, 6.45) is 3.14. The fourth-order valence-corrected chi connectivity index (χ4v) is 8.21. The van der Waals surface area contributed by atoms with Gasteiger partial charge in [-0.15, -0.1) is 0 Å². The van der Waals surface area contributed by atoms with E-state index in [0.717, 1.165) is 102 Å². The van der Waals surface area contributed by atoms with E-state index < -0.39 is 0 Å². The molecule has 7 heterocycles. The van der Waals surface area contributed by atoms with Gasteiger partial charge in [0.15, 0.2) is 51.8 Å². The summed E-state index contributed by atoms with van der Waals surface area (Å²) in [5, 5.41) is 0. The Bertz CT molecular complexity index is 2060. The number of fused-ring (bicyclic) bond motifs is 12. The van der Waals surface area contributed by atoms with Crippen LogP contribution in [-0.4, -0.2) is 62.9 Å². The number of Topliss-reactive ketones (excluding diaryl/α,β-unsaturated/α-hetero) is 1. The number of benzene rings is 4. The molecule has 0 N–H and O–H groups in total. The molecule has 11 heteroatoms. The monoisotopic (exact) mass is 676 g/mol. The van der Waals surface area contributed by atoms with Crippen molar-refractivity contribution in [1.82, 2.24) is 9.80 Å². The molecule has 256 valence electrons. The molecule has 0 saturated carbocycles. The van der Waals surface area contributed by atoms with Crippen molar-refractivity contribution in [3.05, 3.63) is 93.0 Å². The zero-order valence-electron chi connectivity index (χ0n) is 27.8. The van der Waals surface area contributed by atoms with Crippen LogP contribution >= 0.6 is 0 Å². The van der Waals surface area contributed by atoms with Crippen LogP contribution in [0.4, 0.5) is 0 Å². The van der Waals surface area contributed by atoms with Gasteiger partial charge < -0.3 is 42.8 Å². The van der Waals surface area contributed by atoms with Crippen molar-refractivity contribution >= 4 is 5.78 Å². The van der Waals surface area contributed by atoms with Crippen LogP contribution in [0.1, 0.15) is 55.3 Å². The van der Waals surface area contributed by atoms with Crippen molar-refractivity contribution in [2.45, 2.75) is 44.8 Å². The molecule has 0 radical (unpaired) electrons. The smallest absolute Gasteiger partial charge is 0.231 e. The van der Waals surface area contributed by atoms with Gasteiger partial charge in [0.25, 0.3) is 0 Å². The van der Waals surface area contributed by atoms with Gasteiger partial charge in [0.1, 0.15) is 0 Å². The second kappa shape index (κ2) is 11.7. The van der Waals surface area contributed by atoms with Crippen molar-refractivity contribution in [1.29, 1.82) is 0 Å². The zero-order chi connectivity index (χ0) is 33.3. The topological polar surface area (TPSA) is 97.4 Å². The molecule has 0 aromatic heterocycles. The van der Waals surface area contributed by atoms with E-state index >= 15 is 0 Å². The van der Waals surface area contributed by atoms with E-state index in [1.54, 1.807) is 0 Å². The molecule has 0 amide bonds. The first-order chi connectivity index (χ1) is 24.6. The summed E-state index contributed by atoms with van der Waals surface area (Å²) in [4.78, 5) is 17.9. The van der Waals surface area contributed by atoms with Crippen molar-refractivity contribution in [2.75, 3.05) is 47.3 Å². The van der Waals surface area contributed by atoms with Gasteiger partial charge >= 0.3 is 0 Å². The minimum Gasteiger partial charge on any atom is -0.454 e. The zero-order valence-corrected chi connectivity index (χ0v) is 27.8. The van der Waals surface area contributed by atoms with E-state index in [1.807, 2.05) is 30.3 Å². The summed E-state index contributed by atoms with van der Waals surface area (Å²) in [7, 11) is 2.08. The molecule has 7 aliphatic heterocycles. The van der Waals surface area contributed by atoms with Gasteiger partial charge in [-0.05, 0) is 90.5 Å². The number of ketones is 1. The lowest BCUT2D eigenvalue weighted by Gasteiger charge is -2.41. The first-order valence-corrected chi connectivity index (χ1v) is 17.2. The summed E-state index contributed by atoms with van der Waals surface area (Å²) in [6.45, 7) is 4.62. The number of carbonyl (C=O) groups is 1. The molecule has 0 aliphatic carbocycles. The standard InChI is InChI=1S/C20H19NO5.C19H17NO4/c1-21-5-4-13-7-18-19(25-10-24-18)8-14(13)16(22)6-12-2-3-17-20(15(12)9-21)26-11-23-17;1-2-16-19(24-10-21-16)14-8-20-4-3-12-6-17-18(23-9-22-17)7-13(12)15(20)5-11(1)14/h2-3,7-8H,4-6,9-11H2,1H3;1-2,6-7,15H,3-5,8-10H2. The Balaban J connectivity index is 0.000000127. The van der Waals surface area contributed by atoms with Crippen molar-refractivity contribution in [2.24, 2.45) is 0 Å². The molecule has 11 nitrogen and oxygen atoms in total. The van der Waals surface area contributed by atoms with Crippen molar-refractivity contribution in [3.8, 4) is 46.0 Å². The van der Waals surface area contributed by atoms with Gasteiger partial charge in [-0.2, -0.15) is 0 Å². The molecule has 0 spiro atoms. The molecular weight excluding hydrogens is 640 g/mol. The second-order valence-electron chi connectivity index (χ2n) is 13.7. The number of hydrogen-bond acceptors (Lipinski definition) is 11. The normalized spacial score (nSPS) is 20.5. The van der Waals surface area contributed by atoms with Crippen LogP contribution in [0.2, 0.25) is 0 Å². The molecule has 4 aromatic rings. The largest absolute Gasteiger partial charge is 0.454 e. The highest BCUT2D eigenvalue weighted by Crippen LogP contribution is 2.48. The van der Waals surface area contributed by atoms with E-state index in [-0.39, 0.29) is 19.4 Å². The lowest BCUT2D eigenvalue weighted by molar-refractivity contribution is 0.0990. The third-order valence-corrected chi connectivity index (χ3v) is 10.8. The summed E-state index contributed by atoms with van der Waals surface area (Å²) >= 11 is 0. The Labute approximate surface area is 289 Å². The maximum atomic E-state index is 13.1. The number of carbonyl (C=O) groups excluding carboxylic acids is 1. The molecule has 7 aliphatic rings. The maximum Gasteiger partial charge on any atom is 0.231 e. The Morgan fingerprint density at radius 1 is 0.580 bits per heavy atom. The Morgan fingerprint density at radius 3 is 1.90 bits per heavy atom. The SMILES string of the molecule is CN1CCc2cc3c(cc2C(=O)Cc2ccc4c(c2C1)OCO4)OCO3.c1cc2c(c3c1CC1c4cc5c(cc4CCN1C3)OCO5)OCO2.